The molecule has 0 aromatic heterocycles. The van der Waals surface area contributed by atoms with Crippen LogP contribution >= 0.6 is 0 Å². The molecule has 0 nitrogen and oxygen atoms in total. The zero-order valence-corrected chi connectivity index (χ0v) is 7.97. The van der Waals surface area contributed by atoms with Gasteiger partial charge in [0.15, 0.2) is 0 Å². The van der Waals surface area contributed by atoms with Crippen molar-refractivity contribution in [3.63, 3.8) is 0 Å². The first-order chi connectivity index (χ1) is 0. The average molecular weight is 196 g/mol. The summed E-state index contributed by atoms with van der Waals surface area (Å²) < 4.78 is 0. The van der Waals surface area contributed by atoms with Crippen molar-refractivity contribution in [2.75, 3.05) is 0 Å². The van der Waals surface area contributed by atoms with Crippen LogP contribution < -0.4 is 0 Å². The van der Waals surface area contributed by atoms with Gasteiger partial charge in [0.25, 0.3) is 0 Å². The van der Waals surface area contributed by atoms with Crippen LogP contribution in [0.4, 0.5) is 0 Å². The summed E-state index contributed by atoms with van der Waals surface area (Å²) in [6.45, 7) is 0. The van der Waals surface area contributed by atoms with Crippen molar-refractivity contribution in [3.8, 4) is 0 Å². The minimum absolute atomic E-state index is 0. The van der Waals surface area contributed by atoms with E-state index in [9.17, 15) is 0 Å². The van der Waals surface area contributed by atoms with Crippen molar-refractivity contribution < 1.29 is 83.5 Å². The third kappa shape index (κ3) is 8.83. The SMILES string of the molecule is [Cr].[Sc].[Ti].[V]. The van der Waals surface area contributed by atoms with Gasteiger partial charge in [0.2, 0.25) is 0 Å². The van der Waals surface area contributed by atoms with Gasteiger partial charge in [-0.25, -0.2) is 0 Å². The van der Waals surface area contributed by atoms with E-state index >= 15 is 0 Å². The predicted molar refractivity (Wildman–Crippen MR) is 0 cm³/mol. The number of rotatable bonds is 0. The van der Waals surface area contributed by atoms with Gasteiger partial charge in [-0.15, -0.1) is 0 Å². The molecule has 0 aromatic carbocycles. The summed E-state index contributed by atoms with van der Waals surface area (Å²) in [4.78, 5) is 0. The molecule has 0 saturated heterocycles. The van der Waals surface area contributed by atoms with Gasteiger partial charge in [0.1, 0.15) is 0 Å². The van der Waals surface area contributed by atoms with E-state index in [1.165, 1.54) is 0 Å². The van der Waals surface area contributed by atoms with Crippen LogP contribution in [0.5, 0.6) is 0 Å². The summed E-state index contributed by atoms with van der Waals surface area (Å²) >= 11 is 0. The first-order valence-electron chi connectivity index (χ1n) is 0. The molecular formula is CrScTiV. The van der Waals surface area contributed by atoms with Crippen LogP contribution in [0, 0.1) is 0 Å². The van der Waals surface area contributed by atoms with E-state index < -0.39 is 0 Å². The molecule has 0 saturated carbocycles. The molecule has 0 aromatic rings. The zero-order chi connectivity index (χ0) is 0. The predicted octanol–water partition coefficient (Wildman–Crippen LogP) is -0.0100. The van der Waals surface area contributed by atoms with E-state index in [2.05, 4.69) is 0 Å². The quantitative estimate of drug-likeness (QED) is 0.477. The van der Waals surface area contributed by atoms with Crippen LogP contribution in [-0.2, 0) is 83.5 Å². The Hall–Kier alpha value is 2.70. The molecular weight excluding hydrogens is 196 g/mol. The fourth-order valence-corrected chi connectivity index (χ4v) is 0. The standard InChI is InChI=1S/Cr.Sc.Ti.V. The molecule has 0 aliphatic carbocycles. The molecule has 0 spiro atoms. The van der Waals surface area contributed by atoms with Gasteiger partial charge in [0.05, 0.1) is 0 Å². The zero-order valence-electron chi connectivity index (χ0n) is 1.93. The molecule has 0 fully saturated rings. The number of hydrogen-bond acceptors (Lipinski definition) is 0. The van der Waals surface area contributed by atoms with Crippen LogP contribution in [0.15, 0.2) is 0 Å². The molecule has 2 radical (unpaired) electrons. The smallest absolute Gasteiger partial charge is 0 e. The summed E-state index contributed by atoms with van der Waals surface area (Å²) in [7, 11) is 0. The van der Waals surface area contributed by atoms with Crippen LogP contribution in [0.2, 0.25) is 0 Å². The first-order valence-corrected chi connectivity index (χ1v) is 0. The molecule has 0 N–H and O–H groups in total. The summed E-state index contributed by atoms with van der Waals surface area (Å²) in [5.74, 6) is 0. The van der Waals surface area contributed by atoms with E-state index in [1.54, 1.807) is 0 Å². The summed E-state index contributed by atoms with van der Waals surface area (Å²) in [6.07, 6.45) is 0. The first kappa shape index (κ1) is 29.9. The van der Waals surface area contributed by atoms with Crippen molar-refractivity contribution in [3.05, 3.63) is 0 Å². The monoisotopic (exact) mass is 196 g/mol. The van der Waals surface area contributed by atoms with Gasteiger partial charge in [-0.1, -0.05) is 0 Å². The normalized spacial score (nSPS) is 0. The number of hydrogen-bond donors (Lipinski definition) is 0. The molecule has 18 valence electrons. The molecule has 0 aliphatic rings. The third-order valence-corrected chi connectivity index (χ3v) is 0. The Morgan fingerprint density at radius 2 is 1.00 bits per heavy atom. The van der Waals surface area contributed by atoms with Crippen LogP contribution in [0.3, 0.4) is 0 Å². The van der Waals surface area contributed by atoms with E-state index in [4.69, 9.17) is 0 Å². The Kier molecular flexibility index (Phi) is 129. The Balaban J connectivity index is 0. The Morgan fingerprint density at radius 1 is 1.00 bits per heavy atom. The van der Waals surface area contributed by atoms with Crippen molar-refractivity contribution in [2.45, 2.75) is 0 Å². The van der Waals surface area contributed by atoms with E-state index in [-0.39, 0.29) is 83.5 Å². The maximum absolute atomic E-state index is 0. The minimum Gasteiger partial charge on any atom is 0 e. The largest absolute Gasteiger partial charge is 0 e. The van der Waals surface area contributed by atoms with Gasteiger partial charge in [0, 0.05) is 83.5 Å². The summed E-state index contributed by atoms with van der Waals surface area (Å²) in [5, 5.41) is 0. The second-order valence-corrected chi connectivity index (χ2v) is 0. The maximum Gasteiger partial charge on any atom is 0 e. The average Bonchev–Trinajstić information content (AvgIpc) is 0. The fourth-order valence-electron chi connectivity index (χ4n) is 0. The van der Waals surface area contributed by atoms with Gasteiger partial charge in [-0.05, 0) is 0 Å². The van der Waals surface area contributed by atoms with Gasteiger partial charge < -0.3 is 0 Å². The Bertz CT molecular complexity index is 8.00. The minimum atomic E-state index is 0. The Labute approximate surface area is 82.2 Å². The van der Waals surface area contributed by atoms with Gasteiger partial charge in [-0.2, -0.15) is 0 Å². The second-order valence-electron chi connectivity index (χ2n) is 0. The Morgan fingerprint density at radius 3 is 1.00 bits per heavy atom. The van der Waals surface area contributed by atoms with Crippen molar-refractivity contribution >= 4 is 0 Å². The molecule has 0 atom stereocenters. The van der Waals surface area contributed by atoms with Crippen molar-refractivity contribution in [1.82, 2.24) is 0 Å². The third-order valence-electron chi connectivity index (χ3n) is 0. The van der Waals surface area contributed by atoms with E-state index in [1.807, 2.05) is 0 Å². The molecule has 0 aliphatic heterocycles. The molecule has 4 heavy (non-hydrogen) atoms. The second kappa shape index (κ2) is 17.3. The molecule has 0 amide bonds. The van der Waals surface area contributed by atoms with E-state index in [0.717, 1.165) is 0 Å². The fraction of sp³-hybridized carbons (Fsp3) is 0. The van der Waals surface area contributed by atoms with Crippen molar-refractivity contribution in [2.24, 2.45) is 0 Å². The van der Waals surface area contributed by atoms with Crippen LogP contribution in [-0.4, -0.2) is 0 Å². The topological polar surface area (TPSA) is 0 Å². The maximum atomic E-state index is 0. The molecule has 0 rings (SSSR count). The van der Waals surface area contributed by atoms with Crippen LogP contribution in [0.25, 0.3) is 0 Å². The summed E-state index contributed by atoms with van der Waals surface area (Å²) in [6, 6.07) is 0. The van der Waals surface area contributed by atoms with E-state index in [0.29, 0.717) is 0 Å². The van der Waals surface area contributed by atoms with Crippen LogP contribution in [0.1, 0.15) is 0 Å². The van der Waals surface area contributed by atoms with Gasteiger partial charge >= 0.3 is 0 Å². The molecule has 0 bridgehead atoms. The summed E-state index contributed by atoms with van der Waals surface area (Å²) in [5.41, 5.74) is 0. The molecule has 0 unspecified atom stereocenters. The van der Waals surface area contributed by atoms with Gasteiger partial charge in [-0.3, -0.25) is 0 Å². The van der Waals surface area contributed by atoms with Crippen molar-refractivity contribution in [1.29, 1.82) is 0 Å². The molecule has 4 heteroatoms. The molecule has 0 heterocycles.